The van der Waals surface area contributed by atoms with E-state index in [0.29, 0.717) is 17.5 Å². The van der Waals surface area contributed by atoms with E-state index in [1.807, 2.05) is 23.5 Å². The molecule has 0 saturated heterocycles. The average molecular weight is 834 g/mol. The molecule has 0 N–H and O–H groups in total. The molecule has 0 unspecified atom stereocenters. The summed E-state index contributed by atoms with van der Waals surface area (Å²) in [6.07, 6.45) is 0. The molecule has 0 amide bonds. The zero-order chi connectivity index (χ0) is 42.1. The highest BCUT2D eigenvalue weighted by Gasteiger charge is 2.20. The fourth-order valence-corrected chi connectivity index (χ4v) is 10.6. The maximum atomic E-state index is 6.65. The molecule has 3 aromatic heterocycles. The van der Waals surface area contributed by atoms with Crippen LogP contribution in [-0.2, 0) is 0 Å². The van der Waals surface area contributed by atoms with Gasteiger partial charge in [-0.2, -0.15) is 0 Å². The Morgan fingerprint density at radius 1 is 0.312 bits per heavy atom. The van der Waals surface area contributed by atoms with Crippen molar-refractivity contribution in [1.82, 2.24) is 15.0 Å². The van der Waals surface area contributed by atoms with Gasteiger partial charge in [0.15, 0.2) is 17.5 Å². The van der Waals surface area contributed by atoms with E-state index in [1.54, 1.807) is 0 Å². The summed E-state index contributed by atoms with van der Waals surface area (Å²) >= 11 is 1.84. The summed E-state index contributed by atoms with van der Waals surface area (Å²) in [6, 6.07) is 75.1. The topological polar surface area (TPSA) is 51.8 Å². The van der Waals surface area contributed by atoms with Crippen molar-refractivity contribution < 1.29 is 4.42 Å². The molecule has 13 rings (SSSR count). The van der Waals surface area contributed by atoms with Gasteiger partial charge >= 0.3 is 0 Å². The Morgan fingerprint density at radius 3 is 1.73 bits per heavy atom. The molecule has 0 radical (unpaired) electrons. The maximum Gasteiger partial charge on any atom is 0.164 e. The normalized spacial score (nSPS) is 11.8. The van der Waals surface area contributed by atoms with Crippen molar-refractivity contribution >= 4 is 75.0 Å². The predicted molar refractivity (Wildman–Crippen MR) is 268 cm³/mol. The van der Waals surface area contributed by atoms with Gasteiger partial charge in [-0.25, -0.2) is 15.0 Å². The highest BCUT2D eigenvalue weighted by molar-refractivity contribution is 7.26. The van der Waals surface area contributed by atoms with Crippen molar-refractivity contribution in [3.63, 3.8) is 0 Å². The van der Waals surface area contributed by atoms with Crippen LogP contribution < -0.4 is 0 Å². The summed E-state index contributed by atoms with van der Waals surface area (Å²) in [4.78, 5) is 15.7. The van der Waals surface area contributed by atoms with Gasteiger partial charge in [0.1, 0.15) is 11.2 Å². The standard InChI is InChI=1S/C59H35N3OS/c1-2-11-36(12-3-1)40-27-28-42-34-43(30-29-41(42)33-40)44-31-32-50-53(35-44)63-52-21-10-20-51(55(50)52)59-61-57(60-58(62-59)49-19-8-14-37-13-4-5-15-45(37)49)39-25-23-38(24-26-39)46-17-9-18-48-47-16-6-7-22-54(47)64-56(46)48/h1-35H. The minimum absolute atomic E-state index is 0.592. The van der Waals surface area contributed by atoms with Crippen LogP contribution in [0, 0.1) is 0 Å². The van der Waals surface area contributed by atoms with E-state index < -0.39 is 0 Å². The number of rotatable bonds is 6. The van der Waals surface area contributed by atoms with Crippen molar-refractivity contribution in [2.75, 3.05) is 0 Å². The van der Waals surface area contributed by atoms with Gasteiger partial charge in [-0.15, -0.1) is 11.3 Å². The zero-order valence-electron chi connectivity index (χ0n) is 34.4. The molecule has 0 bridgehead atoms. The van der Waals surface area contributed by atoms with Crippen LogP contribution in [0.15, 0.2) is 217 Å². The van der Waals surface area contributed by atoms with Gasteiger partial charge in [0.25, 0.3) is 0 Å². The third-order valence-electron chi connectivity index (χ3n) is 12.5. The van der Waals surface area contributed by atoms with Gasteiger partial charge < -0.3 is 4.42 Å². The Morgan fingerprint density at radius 2 is 0.891 bits per heavy atom. The number of aromatic nitrogens is 3. The molecule has 0 aliphatic rings. The van der Waals surface area contributed by atoms with Crippen LogP contribution in [0.5, 0.6) is 0 Å². The highest BCUT2D eigenvalue weighted by Crippen LogP contribution is 2.42. The number of hydrogen-bond donors (Lipinski definition) is 0. The molecule has 4 nitrogen and oxygen atoms in total. The second-order valence-corrected chi connectivity index (χ2v) is 17.4. The molecule has 0 atom stereocenters. The van der Waals surface area contributed by atoms with E-state index in [9.17, 15) is 0 Å². The molecule has 64 heavy (non-hydrogen) atoms. The second-order valence-electron chi connectivity index (χ2n) is 16.3. The van der Waals surface area contributed by atoms with Crippen LogP contribution in [0.3, 0.4) is 0 Å². The third-order valence-corrected chi connectivity index (χ3v) is 13.8. The van der Waals surface area contributed by atoms with Gasteiger partial charge in [-0.05, 0) is 91.3 Å². The Kier molecular flexibility index (Phi) is 8.36. The summed E-state index contributed by atoms with van der Waals surface area (Å²) in [5.41, 5.74) is 11.4. The van der Waals surface area contributed by atoms with E-state index in [-0.39, 0.29) is 0 Å². The van der Waals surface area contributed by atoms with E-state index in [2.05, 4.69) is 200 Å². The summed E-state index contributed by atoms with van der Waals surface area (Å²) < 4.78 is 9.24. The monoisotopic (exact) mass is 833 g/mol. The second kappa shape index (κ2) is 14.7. The van der Waals surface area contributed by atoms with Crippen molar-refractivity contribution in [2.45, 2.75) is 0 Å². The number of hydrogen-bond acceptors (Lipinski definition) is 5. The summed E-state index contributed by atoms with van der Waals surface area (Å²) in [7, 11) is 0. The molecule has 10 aromatic carbocycles. The first kappa shape index (κ1) is 36.4. The molecule has 0 aliphatic heterocycles. The highest BCUT2D eigenvalue weighted by atomic mass is 32.1. The Balaban J connectivity index is 0.923. The van der Waals surface area contributed by atoms with Crippen molar-refractivity contribution in [2.24, 2.45) is 0 Å². The fraction of sp³-hybridized carbons (Fsp3) is 0. The van der Waals surface area contributed by atoms with Crippen LogP contribution in [-0.4, -0.2) is 15.0 Å². The number of nitrogens with zero attached hydrogens (tertiary/aromatic N) is 3. The molecule has 13 aromatic rings. The lowest BCUT2D eigenvalue weighted by Crippen LogP contribution is -2.01. The molecule has 0 saturated carbocycles. The van der Waals surface area contributed by atoms with E-state index in [4.69, 9.17) is 19.4 Å². The largest absolute Gasteiger partial charge is 0.456 e. The Labute approximate surface area is 372 Å². The lowest BCUT2D eigenvalue weighted by molar-refractivity contribution is 0.669. The number of benzene rings is 10. The molecule has 3 heterocycles. The molecule has 298 valence electrons. The Hall–Kier alpha value is -8.25. The lowest BCUT2D eigenvalue weighted by atomic mass is 9.97. The number of thiophene rings is 1. The van der Waals surface area contributed by atoms with Gasteiger partial charge in [-0.1, -0.05) is 176 Å². The SMILES string of the molecule is c1ccc(-c2ccc3cc(-c4ccc5c(c4)oc4cccc(-c6nc(-c7ccc(-c8cccc9c8sc8ccccc89)cc7)nc(-c7cccc8ccccc78)n6)c45)ccc3c2)cc1. The minimum Gasteiger partial charge on any atom is -0.456 e. The van der Waals surface area contributed by atoms with Crippen LogP contribution in [0.2, 0.25) is 0 Å². The van der Waals surface area contributed by atoms with Crippen LogP contribution in [0.1, 0.15) is 0 Å². The molecule has 5 heteroatoms. The van der Waals surface area contributed by atoms with E-state index >= 15 is 0 Å². The first-order chi connectivity index (χ1) is 31.7. The van der Waals surface area contributed by atoms with Crippen LogP contribution in [0.25, 0.3) is 131 Å². The summed E-state index contributed by atoms with van der Waals surface area (Å²) in [5, 5.41) is 9.19. The van der Waals surface area contributed by atoms with Crippen molar-refractivity contribution in [3.8, 4) is 67.5 Å². The van der Waals surface area contributed by atoms with Gasteiger partial charge in [0, 0.05) is 47.6 Å². The molecule has 0 spiro atoms. The lowest BCUT2D eigenvalue weighted by Gasteiger charge is -2.11. The molecule has 0 aliphatic carbocycles. The summed E-state index contributed by atoms with van der Waals surface area (Å²) in [5.74, 6) is 1.82. The average Bonchev–Trinajstić information content (AvgIpc) is 3.94. The van der Waals surface area contributed by atoms with E-state index in [1.165, 1.54) is 47.6 Å². The first-order valence-corrected chi connectivity index (χ1v) is 22.3. The molecular formula is C59H35N3OS. The van der Waals surface area contributed by atoms with Crippen molar-refractivity contribution in [1.29, 1.82) is 0 Å². The zero-order valence-corrected chi connectivity index (χ0v) is 35.2. The third kappa shape index (κ3) is 6.09. The smallest absolute Gasteiger partial charge is 0.164 e. The first-order valence-electron chi connectivity index (χ1n) is 21.5. The molecular weight excluding hydrogens is 799 g/mol. The Bertz CT molecular complexity index is 3960. The van der Waals surface area contributed by atoms with Crippen LogP contribution in [0.4, 0.5) is 0 Å². The number of fused-ring (bicyclic) bond motifs is 8. The van der Waals surface area contributed by atoms with Gasteiger partial charge in [0.05, 0.1) is 0 Å². The quantitative estimate of drug-likeness (QED) is 0.167. The van der Waals surface area contributed by atoms with Crippen molar-refractivity contribution in [3.05, 3.63) is 212 Å². The minimum atomic E-state index is 0.592. The number of furan rings is 1. The predicted octanol–water partition coefficient (Wildman–Crippen LogP) is 16.4. The van der Waals surface area contributed by atoms with Gasteiger partial charge in [-0.3, -0.25) is 0 Å². The maximum absolute atomic E-state index is 6.65. The van der Waals surface area contributed by atoms with Gasteiger partial charge in [0.2, 0.25) is 0 Å². The van der Waals surface area contributed by atoms with E-state index in [0.717, 1.165) is 66.1 Å². The molecule has 0 fully saturated rings. The van der Waals surface area contributed by atoms with Crippen LogP contribution >= 0.6 is 11.3 Å². The summed E-state index contributed by atoms with van der Waals surface area (Å²) in [6.45, 7) is 0. The fourth-order valence-electron chi connectivity index (χ4n) is 9.37.